The van der Waals surface area contributed by atoms with E-state index < -0.39 is 0 Å². The fourth-order valence-corrected chi connectivity index (χ4v) is 5.81. The number of thiophene rings is 1. The van der Waals surface area contributed by atoms with E-state index in [4.69, 9.17) is 14.6 Å². The topological polar surface area (TPSA) is 41.9 Å². The molecule has 0 spiro atoms. The maximum absolute atomic E-state index is 8.96. The van der Waals surface area contributed by atoms with Crippen molar-refractivity contribution in [2.24, 2.45) is 0 Å². The first kappa shape index (κ1) is 22.9. The van der Waals surface area contributed by atoms with Crippen molar-refractivity contribution in [1.29, 1.82) is 0 Å². The Morgan fingerprint density at radius 1 is 0.794 bits per heavy atom. The maximum Gasteiger partial charge on any atom is 0.119 e. The van der Waals surface area contributed by atoms with Crippen LogP contribution >= 0.6 is 11.3 Å². The zero-order valence-corrected chi connectivity index (χ0v) is 20.2. The highest BCUT2D eigenvalue weighted by molar-refractivity contribution is 7.22. The summed E-state index contributed by atoms with van der Waals surface area (Å²) >= 11 is 1.85. The third kappa shape index (κ3) is 5.44. The number of likely N-dealkylation sites (tertiary alicyclic amines) is 1. The van der Waals surface area contributed by atoms with Crippen molar-refractivity contribution >= 4 is 21.4 Å². The number of nitrogens with zero attached hydrogens (tertiary/aromatic N) is 1. The first-order chi connectivity index (χ1) is 16.8. The van der Waals surface area contributed by atoms with Gasteiger partial charge in [0, 0.05) is 16.1 Å². The van der Waals surface area contributed by atoms with Crippen LogP contribution < -0.4 is 9.47 Å². The standard InChI is InChI=1S/C29H31NO3S/c31-18-20-33-24-11-7-22(8-12-24)21-27-26-5-1-2-6-28(26)34-29(27)23-9-13-25(14-10-23)32-19-17-30-15-3-4-16-30/h1-2,5-14,31H,3-4,15-21H2. The van der Waals surface area contributed by atoms with Crippen LogP contribution in [0.25, 0.3) is 20.5 Å². The molecule has 34 heavy (non-hydrogen) atoms. The fraction of sp³-hybridized carbons (Fsp3) is 0.310. The van der Waals surface area contributed by atoms with Gasteiger partial charge >= 0.3 is 0 Å². The van der Waals surface area contributed by atoms with Gasteiger partial charge in [-0.05, 0) is 96.9 Å². The van der Waals surface area contributed by atoms with Crippen molar-refractivity contribution in [3.63, 3.8) is 0 Å². The average Bonchev–Trinajstić information content (AvgIpc) is 3.52. The Labute approximate surface area is 205 Å². The van der Waals surface area contributed by atoms with Crippen molar-refractivity contribution in [2.45, 2.75) is 19.3 Å². The predicted octanol–water partition coefficient (Wildman–Crippen LogP) is 6.00. The summed E-state index contributed by atoms with van der Waals surface area (Å²) < 4.78 is 12.8. The first-order valence-electron chi connectivity index (χ1n) is 12.1. The van der Waals surface area contributed by atoms with Gasteiger partial charge in [0.15, 0.2) is 0 Å². The molecule has 1 N–H and O–H groups in total. The van der Waals surface area contributed by atoms with Gasteiger partial charge in [0.2, 0.25) is 0 Å². The molecule has 1 aliphatic rings. The van der Waals surface area contributed by atoms with Crippen LogP contribution in [-0.4, -0.2) is 49.5 Å². The summed E-state index contributed by atoms with van der Waals surface area (Å²) in [5.74, 6) is 1.72. The van der Waals surface area contributed by atoms with Gasteiger partial charge in [-0.3, -0.25) is 4.90 Å². The summed E-state index contributed by atoms with van der Waals surface area (Å²) in [6.07, 6.45) is 3.48. The lowest BCUT2D eigenvalue weighted by Crippen LogP contribution is -2.25. The highest BCUT2D eigenvalue weighted by Gasteiger charge is 2.15. The lowest BCUT2D eigenvalue weighted by molar-refractivity contribution is 0.201. The van der Waals surface area contributed by atoms with Gasteiger partial charge in [-0.1, -0.05) is 30.3 Å². The number of rotatable bonds is 10. The quantitative estimate of drug-likeness (QED) is 0.307. The highest BCUT2D eigenvalue weighted by atomic mass is 32.1. The summed E-state index contributed by atoms with van der Waals surface area (Å²) in [6, 6.07) is 25.4. The summed E-state index contributed by atoms with van der Waals surface area (Å²) in [5, 5.41) is 10.3. The number of ether oxygens (including phenoxy) is 2. The second-order valence-electron chi connectivity index (χ2n) is 8.72. The van der Waals surface area contributed by atoms with Crippen molar-refractivity contribution in [3.8, 4) is 21.9 Å². The van der Waals surface area contributed by atoms with E-state index in [0.717, 1.165) is 31.1 Å². The normalized spacial score (nSPS) is 14.0. The largest absolute Gasteiger partial charge is 0.492 e. The molecule has 4 nitrogen and oxygen atoms in total. The zero-order chi connectivity index (χ0) is 23.2. The molecular weight excluding hydrogens is 442 g/mol. The molecule has 0 radical (unpaired) electrons. The number of hydrogen-bond donors (Lipinski definition) is 1. The van der Waals surface area contributed by atoms with Gasteiger partial charge in [0.25, 0.3) is 0 Å². The number of aliphatic hydroxyl groups is 1. The minimum absolute atomic E-state index is 0.0221. The van der Waals surface area contributed by atoms with Crippen LogP contribution in [0.1, 0.15) is 24.0 Å². The number of benzene rings is 3. The summed E-state index contributed by atoms with van der Waals surface area (Å²) in [7, 11) is 0. The molecule has 0 bridgehead atoms. The van der Waals surface area contributed by atoms with Crippen LogP contribution in [-0.2, 0) is 6.42 Å². The zero-order valence-electron chi connectivity index (χ0n) is 19.4. The molecule has 2 heterocycles. The van der Waals surface area contributed by atoms with Gasteiger partial charge in [-0.2, -0.15) is 0 Å². The Morgan fingerprint density at radius 3 is 2.21 bits per heavy atom. The fourth-order valence-electron chi connectivity index (χ4n) is 4.58. The van der Waals surface area contributed by atoms with Crippen LogP contribution in [0.3, 0.4) is 0 Å². The lowest BCUT2D eigenvalue weighted by atomic mass is 9.99. The molecule has 0 aliphatic carbocycles. The Morgan fingerprint density at radius 2 is 1.47 bits per heavy atom. The van der Waals surface area contributed by atoms with E-state index >= 15 is 0 Å². The summed E-state index contributed by atoms with van der Waals surface area (Å²) in [4.78, 5) is 3.79. The Balaban J connectivity index is 1.34. The van der Waals surface area contributed by atoms with Crippen LogP contribution in [0.2, 0.25) is 0 Å². The second-order valence-corrected chi connectivity index (χ2v) is 9.77. The van der Waals surface area contributed by atoms with Gasteiger partial charge in [-0.15, -0.1) is 11.3 Å². The molecule has 0 unspecified atom stereocenters. The van der Waals surface area contributed by atoms with E-state index in [-0.39, 0.29) is 6.61 Å². The molecule has 1 fully saturated rings. The number of aliphatic hydroxyl groups excluding tert-OH is 1. The van der Waals surface area contributed by atoms with Crippen LogP contribution in [0.5, 0.6) is 11.5 Å². The molecule has 1 aliphatic heterocycles. The molecule has 0 saturated carbocycles. The van der Waals surface area contributed by atoms with E-state index in [1.165, 1.54) is 57.6 Å². The molecule has 5 rings (SSSR count). The molecule has 176 valence electrons. The SMILES string of the molecule is OCCOc1ccc(Cc2c(-c3ccc(OCCN4CCCC4)cc3)sc3ccccc23)cc1. The first-order valence-corrected chi connectivity index (χ1v) is 12.9. The summed E-state index contributed by atoms with van der Waals surface area (Å²) in [5.41, 5.74) is 3.82. The second kappa shape index (κ2) is 11.0. The van der Waals surface area contributed by atoms with Gasteiger partial charge in [-0.25, -0.2) is 0 Å². The molecule has 3 aromatic carbocycles. The monoisotopic (exact) mass is 473 g/mol. The van der Waals surface area contributed by atoms with Crippen molar-refractivity contribution in [3.05, 3.63) is 83.9 Å². The Bertz CT molecular complexity index is 1190. The smallest absolute Gasteiger partial charge is 0.119 e. The molecule has 5 heteroatoms. The Hall–Kier alpha value is -2.86. The van der Waals surface area contributed by atoms with E-state index in [0.29, 0.717) is 6.61 Å². The van der Waals surface area contributed by atoms with E-state index in [2.05, 4.69) is 65.6 Å². The lowest BCUT2D eigenvalue weighted by Gasteiger charge is -2.15. The van der Waals surface area contributed by atoms with Crippen LogP contribution in [0.15, 0.2) is 72.8 Å². The van der Waals surface area contributed by atoms with Crippen LogP contribution in [0.4, 0.5) is 0 Å². The van der Waals surface area contributed by atoms with E-state index in [1.807, 2.05) is 23.5 Å². The molecular formula is C29H31NO3S. The third-order valence-electron chi connectivity index (χ3n) is 6.35. The highest BCUT2D eigenvalue weighted by Crippen LogP contribution is 2.40. The van der Waals surface area contributed by atoms with Crippen molar-refractivity contribution in [2.75, 3.05) is 39.5 Å². The maximum atomic E-state index is 8.96. The minimum atomic E-state index is 0.0221. The third-order valence-corrected chi connectivity index (χ3v) is 7.62. The molecule has 1 saturated heterocycles. The number of fused-ring (bicyclic) bond motifs is 1. The number of hydrogen-bond acceptors (Lipinski definition) is 5. The van der Waals surface area contributed by atoms with Gasteiger partial charge in [0.1, 0.15) is 24.7 Å². The van der Waals surface area contributed by atoms with Crippen molar-refractivity contribution in [1.82, 2.24) is 4.90 Å². The predicted molar refractivity (Wildman–Crippen MR) is 140 cm³/mol. The summed E-state index contributed by atoms with van der Waals surface area (Å²) in [6.45, 7) is 4.49. The van der Waals surface area contributed by atoms with Crippen molar-refractivity contribution < 1.29 is 14.6 Å². The van der Waals surface area contributed by atoms with Gasteiger partial charge in [0.05, 0.1) is 6.61 Å². The molecule has 0 amide bonds. The van der Waals surface area contributed by atoms with Gasteiger partial charge < -0.3 is 14.6 Å². The average molecular weight is 474 g/mol. The van der Waals surface area contributed by atoms with E-state index in [1.54, 1.807) is 0 Å². The molecule has 0 atom stereocenters. The molecule has 1 aromatic heterocycles. The minimum Gasteiger partial charge on any atom is -0.492 e. The van der Waals surface area contributed by atoms with Crippen LogP contribution in [0, 0.1) is 0 Å². The molecule has 4 aromatic rings. The van der Waals surface area contributed by atoms with E-state index in [9.17, 15) is 0 Å². The Kier molecular flexibility index (Phi) is 7.44.